The first-order chi connectivity index (χ1) is 9.92. The molecule has 0 aliphatic carbocycles. The molecule has 2 aliphatic heterocycles. The van der Waals surface area contributed by atoms with Crippen molar-refractivity contribution >= 4 is 5.95 Å². The average molecular weight is 266 g/mol. The first-order valence-electron chi connectivity index (χ1n) is 7.27. The van der Waals surface area contributed by atoms with E-state index in [1.807, 2.05) is 30.5 Å². The van der Waals surface area contributed by atoms with E-state index in [2.05, 4.69) is 27.3 Å². The summed E-state index contributed by atoms with van der Waals surface area (Å²) in [5.74, 6) is 1.69. The second-order valence-corrected chi connectivity index (χ2v) is 5.58. The SMILES string of the molecule is c1ccc(-c2ccnc(N3CC4CCNCC43)n2)cc1. The van der Waals surface area contributed by atoms with Gasteiger partial charge in [-0.15, -0.1) is 0 Å². The second kappa shape index (κ2) is 4.87. The molecule has 1 aromatic heterocycles. The molecule has 0 spiro atoms. The zero-order chi connectivity index (χ0) is 13.4. The van der Waals surface area contributed by atoms with Crippen molar-refractivity contribution < 1.29 is 0 Å². The molecular formula is C16H18N4. The van der Waals surface area contributed by atoms with Crippen LogP contribution < -0.4 is 10.2 Å². The fraction of sp³-hybridized carbons (Fsp3) is 0.375. The lowest BCUT2D eigenvalue weighted by atomic mass is 9.83. The van der Waals surface area contributed by atoms with Gasteiger partial charge in [0.1, 0.15) is 0 Å². The minimum atomic E-state index is 0.578. The molecule has 102 valence electrons. The van der Waals surface area contributed by atoms with Crippen molar-refractivity contribution in [1.29, 1.82) is 0 Å². The van der Waals surface area contributed by atoms with Crippen molar-refractivity contribution in [3.05, 3.63) is 42.6 Å². The molecule has 1 aromatic carbocycles. The maximum atomic E-state index is 4.74. The number of nitrogens with zero attached hydrogens (tertiary/aromatic N) is 3. The summed E-state index contributed by atoms with van der Waals surface area (Å²) in [4.78, 5) is 11.5. The Labute approximate surface area is 118 Å². The number of benzene rings is 1. The summed E-state index contributed by atoms with van der Waals surface area (Å²) in [5.41, 5.74) is 2.15. The summed E-state index contributed by atoms with van der Waals surface area (Å²) in [5, 5.41) is 3.46. The Kier molecular flexibility index (Phi) is 2.89. The van der Waals surface area contributed by atoms with Crippen molar-refractivity contribution in [2.45, 2.75) is 12.5 Å². The van der Waals surface area contributed by atoms with Gasteiger partial charge < -0.3 is 10.2 Å². The van der Waals surface area contributed by atoms with Crippen LogP contribution in [0.1, 0.15) is 6.42 Å². The molecule has 2 atom stereocenters. The van der Waals surface area contributed by atoms with Crippen molar-refractivity contribution in [2.75, 3.05) is 24.5 Å². The molecule has 2 aromatic rings. The third-order valence-electron chi connectivity index (χ3n) is 4.39. The molecule has 2 unspecified atom stereocenters. The van der Waals surface area contributed by atoms with Crippen molar-refractivity contribution in [3.8, 4) is 11.3 Å². The Morgan fingerprint density at radius 1 is 1.15 bits per heavy atom. The van der Waals surface area contributed by atoms with E-state index in [9.17, 15) is 0 Å². The molecule has 20 heavy (non-hydrogen) atoms. The predicted octanol–water partition coefficient (Wildman–Crippen LogP) is 1.94. The molecule has 0 amide bonds. The average Bonchev–Trinajstić information content (AvgIpc) is 2.50. The van der Waals surface area contributed by atoms with Crippen molar-refractivity contribution in [2.24, 2.45) is 5.92 Å². The number of hydrogen-bond donors (Lipinski definition) is 1. The smallest absolute Gasteiger partial charge is 0.226 e. The lowest BCUT2D eigenvalue weighted by Crippen LogP contribution is -2.64. The fourth-order valence-electron chi connectivity index (χ4n) is 3.21. The van der Waals surface area contributed by atoms with Gasteiger partial charge in [0.25, 0.3) is 0 Å². The number of anilines is 1. The monoisotopic (exact) mass is 266 g/mol. The summed E-state index contributed by atoms with van der Waals surface area (Å²) in [6, 6.07) is 12.9. The third kappa shape index (κ3) is 1.96. The highest BCUT2D eigenvalue weighted by Gasteiger charge is 2.41. The normalized spacial score (nSPS) is 24.9. The van der Waals surface area contributed by atoms with Crippen LogP contribution in [0.15, 0.2) is 42.6 Å². The Hall–Kier alpha value is -1.94. The van der Waals surface area contributed by atoms with Gasteiger partial charge in [-0.25, -0.2) is 9.97 Å². The number of hydrogen-bond acceptors (Lipinski definition) is 4. The lowest BCUT2D eigenvalue weighted by molar-refractivity contribution is 0.225. The first-order valence-corrected chi connectivity index (χ1v) is 7.27. The minimum absolute atomic E-state index is 0.578. The van der Waals surface area contributed by atoms with E-state index in [-0.39, 0.29) is 0 Å². The third-order valence-corrected chi connectivity index (χ3v) is 4.39. The van der Waals surface area contributed by atoms with Crippen molar-refractivity contribution in [1.82, 2.24) is 15.3 Å². The quantitative estimate of drug-likeness (QED) is 0.902. The number of fused-ring (bicyclic) bond motifs is 1. The highest BCUT2D eigenvalue weighted by Crippen LogP contribution is 2.33. The van der Waals surface area contributed by atoms with E-state index in [4.69, 9.17) is 4.98 Å². The maximum Gasteiger partial charge on any atom is 0.226 e. The molecule has 2 saturated heterocycles. The first kappa shape index (κ1) is 11.9. The Morgan fingerprint density at radius 3 is 2.90 bits per heavy atom. The summed E-state index contributed by atoms with van der Waals surface area (Å²) in [6.07, 6.45) is 3.15. The molecule has 2 fully saturated rings. The molecule has 0 bridgehead atoms. The van der Waals surface area contributed by atoms with E-state index >= 15 is 0 Å². The number of aromatic nitrogens is 2. The van der Waals surface area contributed by atoms with Crippen LogP contribution >= 0.6 is 0 Å². The highest BCUT2D eigenvalue weighted by atomic mass is 15.3. The number of rotatable bonds is 2. The molecule has 4 nitrogen and oxygen atoms in total. The van der Waals surface area contributed by atoms with Crippen LogP contribution in [0, 0.1) is 5.92 Å². The summed E-state index contributed by atoms with van der Waals surface area (Å²) >= 11 is 0. The fourth-order valence-corrected chi connectivity index (χ4v) is 3.21. The van der Waals surface area contributed by atoms with Crippen LogP contribution in [-0.2, 0) is 0 Å². The van der Waals surface area contributed by atoms with Crippen LogP contribution in [0.2, 0.25) is 0 Å². The predicted molar refractivity (Wildman–Crippen MR) is 79.6 cm³/mol. The van der Waals surface area contributed by atoms with Gasteiger partial charge in [0, 0.05) is 30.9 Å². The Morgan fingerprint density at radius 2 is 2.05 bits per heavy atom. The van der Waals surface area contributed by atoms with Gasteiger partial charge in [-0.2, -0.15) is 0 Å². The van der Waals surface area contributed by atoms with Gasteiger partial charge in [-0.3, -0.25) is 0 Å². The Bertz CT molecular complexity index is 598. The molecular weight excluding hydrogens is 248 g/mol. The van der Waals surface area contributed by atoms with Crippen LogP contribution in [0.4, 0.5) is 5.95 Å². The largest absolute Gasteiger partial charge is 0.336 e. The lowest BCUT2D eigenvalue weighted by Gasteiger charge is -2.51. The number of piperidine rings is 1. The van der Waals surface area contributed by atoms with E-state index in [1.54, 1.807) is 0 Å². The number of nitrogens with one attached hydrogen (secondary N) is 1. The Balaban J connectivity index is 1.61. The summed E-state index contributed by atoms with van der Waals surface area (Å²) < 4.78 is 0. The molecule has 4 heteroatoms. The zero-order valence-electron chi connectivity index (χ0n) is 11.4. The second-order valence-electron chi connectivity index (χ2n) is 5.58. The van der Waals surface area contributed by atoms with Gasteiger partial charge in [-0.1, -0.05) is 30.3 Å². The molecule has 0 radical (unpaired) electrons. The summed E-state index contributed by atoms with van der Waals surface area (Å²) in [7, 11) is 0. The topological polar surface area (TPSA) is 41.1 Å². The van der Waals surface area contributed by atoms with E-state index in [0.717, 1.165) is 42.8 Å². The van der Waals surface area contributed by atoms with Gasteiger partial charge in [0.2, 0.25) is 5.95 Å². The highest BCUT2D eigenvalue weighted by molar-refractivity contribution is 5.60. The van der Waals surface area contributed by atoms with Crippen molar-refractivity contribution in [3.63, 3.8) is 0 Å². The van der Waals surface area contributed by atoms with Gasteiger partial charge in [0.15, 0.2) is 0 Å². The molecule has 1 N–H and O–H groups in total. The van der Waals surface area contributed by atoms with Gasteiger partial charge in [0.05, 0.1) is 5.69 Å². The molecule has 2 aliphatic rings. The van der Waals surface area contributed by atoms with Crippen LogP contribution in [0.3, 0.4) is 0 Å². The van der Waals surface area contributed by atoms with Crippen LogP contribution in [0.5, 0.6) is 0 Å². The molecule has 0 saturated carbocycles. The van der Waals surface area contributed by atoms with Gasteiger partial charge in [-0.05, 0) is 24.9 Å². The minimum Gasteiger partial charge on any atom is -0.336 e. The van der Waals surface area contributed by atoms with Crippen LogP contribution in [0.25, 0.3) is 11.3 Å². The molecule has 4 rings (SSSR count). The zero-order valence-corrected chi connectivity index (χ0v) is 11.4. The maximum absolute atomic E-state index is 4.74. The van der Waals surface area contributed by atoms with Crippen LogP contribution in [-0.4, -0.2) is 35.6 Å². The van der Waals surface area contributed by atoms with E-state index in [1.165, 1.54) is 6.42 Å². The standard InChI is InChI=1S/C16H18N4/c1-2-4-12(5-3-1)14-7-9-18-16(19-14)20-11-13-6-8-17-10-15(13)20/h1-5,7,9,13,15,17H,6,8,10-11H2. The van der Waals surface area contributed by atoms with E-state index < -0.39 is 0 Å². The summed E-state index contributed by atoms with van der Waals surface area (Å²) in [6.45, 7) is 3.31. The molecule has 3 heterocycles. The van der Waals surface area contributed by atoms with E-state index in [0.29, 0.717) is 6.04 Å². The van der Waals surface area contributed by atoms with Gasteiger partial charge >= 0.3 is 0 Å².